The SMILES string of the molecule is CC(O)C(CCc1ccccc1OCc1cc(-c2ccsc2)cs1)n1cnc(C(N)=O)c1. The number of nitrogens with two attached hydrogens (primary N) is 1. The van der Waals surface area contributed by atoms with Gasteiger partial charge in [-0.25, -0.2) is 4.98 Å². The lowest BCUT2D eigenvalue weighted by Crippen LogP contribution is -2.21. The molecule has 0 aliphatic heterocycles. The average Bonchev–Trinajstić information content (AvgIpc) is 3.54. The Morgan fingerprint density at radius 2 is 2.09 bits per heavy atom. The van der Waals surface area contributed by atoms with Crippen LogP contribution in [-0.4, -0.2) is 26.7 Å². The summed E-state index contributed by atoms with van der Waals surface area (Å²) in [6.07, 6.45) is 3.89. The third-order valence-corrected chi connectivity index (χ3v) is 6.95. The highest BCUT2D eigenvalue weighted by Gasteiger charge is 2.19. The zero-order valence-electron chi connectivity index (χ0n) is 17.7. The molecule has 6 nitrogen and oxygen atoms in total. The molecule has 4 rings (SSSR count). The molecule has 4 aromatic rings. The van der Waals surface area contributed by atoms with Crippen molar-refractivity contribution in [3.63, 3.8) is 0 Å². The van der Waals surface area contributed by atoms with Crippen LogP contribution in [0, 0.1) is 0 Å². The highest BCUT2D eigenvalue weighted by molar-refractivity contribution is 7.10. The zero-order chi connectivity index (χ0) is 22.5. The number of carbonyl (C=O) groups excluding carboxylic acids is 1. The summed E-state index contributed by atoms with van der Waals surface area (Å²) in [5.74, 6) is 0.258. The summed E-state index contributed by atoms with van der Waals surface area (Å²) in [6, 6.07) is 12.0. The van der Waals surface area contributed by atoms with E-state index in [9.17, 15) is 9.90 Å². The van der Waals surface area contributed by atoms with Crippen molar-refractivity contribution in [1.29, 1.82) is 0 Å². The molecule has 8 heteroatoms. The summed E-state index contributed by atoms with van der Waals surface area (Å²) < 4.78 is 7.91. The number of rotatable bonds is 10. The summed E-state index contributed by atoms with van der Waals surface area (Å²) in [6.45, 7) is 2.24. The van der Waals surface area contributed by atoms with E-state index in [1.165, 1.54) is 16.0 Å². The lowest BCUT2D eigenvalue weighted by Gasteiger charge is -2.22. The number of aryl methyl sites for hydroxylation is 1. The van der Waals surface area contributed by atoms with E-state index in [2.05, 4.69) is 33.3 Å². The van der Waals surface area contributed by atoms with Crippen LogP contribution in [0.25, 0.3) is 11.1 Å². The van der Waals surface area contributed by atoms with Gasteiger partial charge in [-0.3, -0.25) is 4.79 Å². The molecule has 0 bridgehead atoms. The Morgan fingerprint density at radius 1 is 1.25 bits per heavy atom. The first-order valence-corrected chi connectivity index (χ1v) is 12.2. The molecular weight excluding hydrogens is 442 g/mol. The molecule has 0 saturated heterocycles. The number of aliphatic hydroxyl groups excluding tert-OH is 1. The Kier molecular flexibility index (Phi) is 7.04. The van der Waals surface area contributed by atoms with Crippen LogP contribution in [0.15, 0.2) is 65.1 Å². The van der Waals surface area contributed by atoms with E-state index in [1.54, 1.807) is 46.7 Å². The monoisotopic (exact) mass is 467 g/mol. The number of aliphatic hydroxyl groups is 1. The molecule has 1 amide bonds. The maximum atomic E-state index is 11.4. The number of nitrogens with zero attached hydrogens (tertiary/aromatic N) is 2. The number of amides is 1. The molecule has 0 saturated carbocycles. The van der Waals surface area contributed by atoms with Crippen LogP contribution in [0.4, 0.5) is 0 Å². The van der Waals surface area contributed by atoms with Gasteiger partial charge in [0.15, 0.2) is 0 Å². The topological polar surface area (TPSA) is 90.4 Å². The molecule has 32 heavy (non-hydrogen) atoms. The van der Waals surface area contributed by atoms with Gasteiger partial charge in [-0.2, -0.15) is 11.3 Å². The number of imidazole rings is 1. The minimum Gasteiger partial charge on any atom is -0.488 e. The van der Waals surface area contributed by atoms with Crippen molar-refractivity contribution in [3.8, 4) is 16.9 Å². The second-order valence-corrected chi connectivity index (χ2v) is 9.40. The molecule has 0 radical (unpaired) electrons. The molecule has 0 spiro atoms. The van der Waals surface area contributed by atoms with Crippen molar-refractivity contribution in [1.82, 2.24) is 9.55 Å². The van der Waals surface area contributed by atoms with E-state index >= 15 is 0 Å². The van der Waals surface area contributed by atoms with Crippen molar-refractivity contribution in [3.05, 3.63) is 81.2 Å². The number of thiophene rings is 2. The number of ether oxygens (including phenoxy) is 1. The molecule has 3 aromatic heterocycles. The van der Waals surface area contributed by atoms with Gasteiger partial charge in [0.2, 0.25) is 0 Å². The Bertz CT molecular complexity index is 1160. The summed E-state index contributed by atoms with van der Waals surface area (Å²) >= 11 is 3.39. The summed E-state index contributed by atoms with van der Waals surface area (Å²) in [5.41, 5.74) is 9.03. The normalized spacial score (nSPS) is 13.1. The molecule has 1 aromatic carbocycles. The summed E-state index contributed by atoms with van der Waals surface area (Å²) in [5, 5.41) is 16.7. The molecule has 0 aliphatic rings. The van der Waals surface area contributed by atoms with Gasteiger partial charge >= 0.3 is 0 Å². The Balaban J connectivity index is 1.42. The van der Waals surface area contributed by atoms with Gasteiger partial charge in [0.25, 0.3) is 5.91 Å². The highest BCUT2D eigenvalue weighted by atomic mass is 32.1. The third kappa shape index (κ3) is 5.27. The van der Waals surface area contributed by atoms with Crippen molar-refractivity contribution in [2.75, 3.05) is 0 Å². The van der Waals surface area contributed by atoms with Crippen LogP contribution in [-0.2, 0) is 13.0 Å². The summed E-state index contributed by atoms with van der Waals surface area (Å²) in [7, 11) is 0. The van der Waals surface area contributed by atoms with E-state index in [1.807, 2.05) is 24.3 Å². The fraction of sp³-hybridized carbons (Fsp3) is 0.250. The minimum atomic E-state index is -0.611. The van der Waals surface area contributed by atoms with E-state index in [0.29, 0.717) is 19.4 Å². The molecule has 0 aliphatic carbocycles. The number of hydrogen-bond acceptors (Lipinski definition) is 6. The lowest BCUT2D eigenvalue weighted by molar-refractivity contribution is 0.0994. The Morgan fingerprint density at radius 3 is 2.81 bits per heavy atom. The van der Waals surface area contributed by atoms with E-state index in [0.717, 1.165) is 11.3 Å². The lowest BCUT2D eigenvalue weighted by atomic mass is 10.0. The van der Waals surface area contributed by atoms with Crippen LogP contribution in [0.3, 0.4) is 0 Å². The molecule has 166 valence electrons. The van der Waals surface area contributed by atoms with Crippen molar-refractivity contribution < 1.29 is 14.6 Å². The van der Waals surface area contributed by atoms with Gasteiger partial charge in [0.1, 0.15) is 18.1 Å². The number of carbonyl (C=O) groups is 1. The number of primary amides is 1. The first-order valence-electron chi connectivity index (χ1n) is 10.3. The van der Waals surface area contributed by atoms with Gasteiger partial charge in [-0.05, 0) is 70.8 Å². The number of hydrogen-bond donors (Lipinski definition) is 2. The highest BCUT2D eigenvalue weighted by Crippen LogP contribution is 2.29. The molecule has 2 unspecified atom stereocenters. The zero-order valence-corrected chi connectivity index (χ0v) is 19.3. The second-order valence-electron chi connectivity index (χ2n) is 7.63. The first-order chi connectivity index (χ1) is 15.5. The quantitative estimate of drug-likeness (QED) is 0.347. The van der Waals surface area contributed by atoms with Crippen molar-refractivity contribution in [2.24, 2.45) is 5.73 Å². The smallest absolute Gasteiger partial charge is 0.268 e. The molecule has 3 N–H and O–H groups in total. The van der Waals surface area contributed by atoms with Gasteiger partial charge < -0.3 is 20.1 Å². The van der Waals surface area contributed by atoms with Crippen molar-refractivity contribution >= 4 is 28.6 Å². The molecule has 3 heterocycles. The summed E-state index contributed by atoms with van der Waals surface area (Å²) in [4.78, 5) is 16.6. The van der Waals surface area contributed by atoms with Gasteiger partial charge in [-0.15, -0.1) is 11.3 Å². The predicted octanol–water partition coefficient (Wildman–Crippen LogP) is 4.91. The van der Waals surface area contributed by atoms with Gasteiger partial charge in [0, 0.05) is 11.1 Å². The average molecular weight is 468 g/mol. The number of benzene rings is 1. The van der Waals surface area contributed by atoms with Crippen LogP contribution in [0.2, 0.25) is 0 Å². The van der Waals surface area contributed by atoms with Crippen LogP contribution >= 0.6 is 22.7 Å². The van der Waals surface area contributed by atoms with Crippen LogP contribution in [0.1, 0.15) is 40.3 Å². The Hall–Kier alpha value is -2.94. The minimum absolute atomic E-state index is 0.192. The van der Waals surface area contributed by atoms with Crippen molar-refractivity contribution in [2.45, 2.75) is 38.5 Å². The predicted molar refractivity (Wildman–Crippen MR) is 128 cm³/mol. The second kappa shape index (κ2) is 10.1. The number of aromatic nitrogens is 2. The maximum Gasteiger partial charge on any atom is 0.268 e. The maximum absolute atomic E-state index is 11.4. The van der Waals surface area contributed by atoms with Crippen LogP contribution < -0.4 is 10.5 Å². The third-order valence-electron chi connectivity index (χ3n) is 5.35. The molecule has 0 fully saturated rings. The van der Waals surface area contributed by atoms with Gasteiger partial charge in [-0.1, -0.05) is 18.2 Å². The standard InChI is InChI=1S/C24H25N3O3S2/c1-16(28)22(27-11-21(24(25)29)26-15-27)7-6-17-4-2-3-5-23(17)30-12-20-10-19(14-32-20)18-8-9-31-13-18/h2-5,8-11,13-16,22,28H,6-7,12H2,1H3,(H2,25,29). The molecular formula is C24H25N3O3S2. The number of para-hydroxylation sites is 1. The van der Waals surface area contributed by atoms with Crippen LogP contribution in [0.5, 0.6) is 5.75 Å². The van der Waals surface area contributed by atoms with Gasteiger partial charge in [0.05, 0.1) is 18.5 Å². The van der Waals surface area contributed by atoms with E-state index in [-0.39, 0.29) is 11.7 Å². The largest absolute Gasteiger partial charge is 0.488 e. The Labute approximate surface area is 194 Å². The molecule has 2 atom stereocenters. The van der Waals surface area contributed by atoms with E-state index in [4.69, 9.17) is 10.5 Å². The first kappa shape index (κ1) is 22.3. The fourth-order valence-corrected chi connectivity index (χ4v) is 5.09. The van der Waals surface area contributed by atoms with E-state index < -0.39 is 12.0 Å². The fourth-order valence-electron chi connectivity index (χ4n) is 3.62.